The average Bonchev–Trinajstić information content (AvgIpc) is 2.50. The molecule has 5 heteroatoms. The maximum absolute atomic E-state index is 11.4. The van der Waals surface area contributed by atoms with Crippen LogP contribution in [-0.4, -0.2) is 11.8 Å². The number of carbonyl (C=O) groups excluding carboxylic acids is 1. The van der Waals surface area contributed by atoms with Crippen LogP contribution < -0.4 is 5.32 Å². The van der Waals surface area contributed by atoms with Crippen LogP contribution in [0.1, 0.15) is 11.1 Å². The molecule has 2 rings (SSSR count). The second-order valence-electron chi connectivity index (χ2n) is 4.46. The van der Waals surface area contributed by atoms with Gasteiger partial charge in [-0.15, -0.1) is 11.6 Å². The Bertz CT molecular complexity index is 602. The molecule has 2 aromatic carbocycles. The van der Waals surface area contributed by atoms with Crippen LogP contribution in [0.4, 0.5) is 5.69 Å². The lowest BCUT2D eigenvalue weighted by Crippen LogP contribution is -2.14. The molecule has 0 unspecified atom stereocenters. The molecule has 0 fully saturated rings. The summed E-state index contributed by atoms with van der Waals surface area (Å²) in [5, 5.41) is 3.26. The molecule has 21 heavy (non-hydrogen) atoms. The van der Waals surface area contributed by atoms with Crippen LogP contribution in [-0.2, 0) is 22.7 Å². The second kappa shape index (κ2) is 8.03. The Morgan fingerprint density at radius 2 is 1.86 bits per heavy atom. The number of carbonyl (C=O) groups is 1. The summed E-state index contributed by atoms with van der Waals surface area (Å²) in [6, 6.07) is 15.2. The highest BCUT2D eigenvalue weighted by molar-refractivity contribution is 6.31. The normalized spacial score (nSPS) is 10.4. The third-order valence-electron chi connectivity index (χ3n) is 2.84. The van der Waals surface area contributed by atoms with Gasteiger partial charge in [0.05, 0.1) is 13.2 Å². The number of benzene rings is 2. The van der Waals surface area contributed by atoms with E-state index in [0.29, 0.717) is 23.9 Å². The second-order valence-corrected chi connectivity index (χ2v) is 5.17. The third-order valence-corrected chi connectivity index (χ3v) is 3.31. The zero-order valence-corrected chi connectivity index (χ0v) is 12.8. The molecule has 0 aromatic heterocycles. The Morgan fingerprint density at radius 1 is 1.10 bits per heavy atom. The number of anilines is 1. The minimum atomic E-state index is -0.275. The van der Waals surface area contributed by atoms with E-state index >= 15 is 0 Å². The van der Waals surface area contributed by atoms with Gasteiger partial charge in [-0.25, -0.2) is 0 Å². The predicted octanol–water partition coefficient (Wildman–Crippen LogP) is 4.23. The van der Waals surface area contributed by atoms with Crippen molar-refractivity contribution in [3.63, 3.8) is 0 Å². The third kappa shape index (κ3) is 5.05. The molecule has 0 spiro atoms. The highest BCUT2D eigenvalue weighted by Crippen LogP contribution is 2.22. The van der Waals surface area contributed by atoms with Crippen LogP contribution in [0.25, 0.3) is 0 Å². The van der Waals surface area contributed by atoms with Crippen molar-refractivity contribution in [3.8, 4) is 0 Å². The Kier molecular flexibility index (Phi) is 6.05. The summed E-state index contributed by atoms with van der Waals surface area (Å²) in [6.07, 6.45) is 0. The largest absolute Gasteiger partial charge is 0.372 e. The topological polar surface area (TPSA) is 38.3 Å². The Labute approximate surface area is 133 Å². The first-order valence-electron chi connectivity index (χ1n) is 6.45. The fourth-order valence-corrected chi connectivity index (χ4v) is 2.07. The molecular weight excluding hydrogens is 309 g/mol. The maximum Gasteiger partial charge on any atom is 0.239 e. The minimum absolute atomic E-state index is 0.100. The van der Waals surface area contributed by atoms with Gasteiger partial charge < -0.3 is 10.1 Å². The fraction of sp³-hybridized carbons (Fsp3) is 0.188. The number of nitrogens with one attached hydrogen (secondary N) is 1. The van der Waals surface area contributed by atoms with Crippen molar-refractivity contribution in [3.05, 3.63) is 64.7 Å². The maximum atomic E-state index is 11.4. The van der Waals surface area contributed by atoms with Gasteiger partial charge in [-0.3, -0.25) is 4.79 Å². The number of ether oxygens (including phenoxy) is 1. The predicted molar refractivity (Wildman–Crippen MR) is 85.7 cm³/mol. The van der Waals surface area contributed by atoms with Crippen LogP contribution in [0.2, 0.25) is 5.02 Å². The summed E-state index contributed by atoms with van der Waals surface area (Å²) in [6.45, 7) is 0.885. The van der Waals surface area contributed by atoms with Gasteiger partial charge >= 0.3 is 0 Å². The number of hydrogen-bond acceptors (Lipinski definition) is 2. The van der Waals surface area contributed by atoms with Crippen LogP contribution >= 0.6 is 23.2 Å². The molecule has 0 aliphatic heterocycles. The highest BCUT2D eigenvalue weighted by atomic mass is 35.5. The summed E-state index contributed by atoms with van der Waals surface area (Å²) >= 11 is 11.5. The zero-order valence-electron chi connectivity index (χ0n) is 11.3. The van der Waals surface area contributed by atoms with Gasteiger partial charge in [0.2, 0.25) is 5.91 Å². The van der Waals surface area contributed by atoms with Gasteiger partial charge in [0.1, 0.15) is 5.88 Å². The molecule has 3 nitrogen and oxygen atoms in total. The Hall–Kier alpha value is -1.55. The van der Waals surface area contributed by atoms with E-state index in [2.05, 4.69) is 5.32 Å². The van der Waals surface area contributed by atoms with Gasteiger partial charge in [0.15, 0.2) is 0 Å². The van der Waals surface area contributed by atoms with Crippen LogP contribution in [0.15, 0.2) is 48.5 Å². The van der Waals surface area contributed by atoms with Gasteiger partial charge in [-0.1, -0.05) is 48.0 Å². The average molecular weight is 324 g/mol. The summed E-state index contributed by atoms with van der Waals surface area (Å²) in [4.78, 5) is 11.4. The Balaban J connectivity index is 2.00. The van der Waals surface area contributed by atoms with Crippen LogP contribution in [0.5, 0.6) is 0 Å². The van der Waals surface area contributed by atoms with Gasteiger partial charge in [-0.2, -0.15) is 0 Å². The van der Waals surface area contributed by atoms with Gasteiger partial charge in [0, 0.05) is 16.3 Å². The molecule has 0 aliphatic carbocycles. The number of alkyl halides is 1. The summed E-state index contributed by atoms with van der Waals surface area (Å²) in [5.74, 6) is -0.375. The van der Waals surface area contributed by atoms with Crippen molar-refractivity contribution in [2.75, 3.05) is 11.2 Å². The fourth-order valence-electron chi connectivity index (χ4n) is 1.83. The minimum Gasteiger partial charge on any atom is -0.372 e. The molecule has 0 saturated heterocycles. The summed E-state index contributed by atoms with van der Waals surface area (Å²) < 4.78 is 5.67. The van der Waals surface area contributed by atoms with Crippen LogP contribution in [0.3, 0.4) is 0 Å². The lowest BCUT2D eigenvalue weighted by molar-refractivity contribution is -0.113. The first kappa shape index (κ1) is 15.8. The molecule has 2 aromatic rings. The van der Waals surface area contributed by atoms with E-state index in [-0.39, 0.29) is 11.8 Å². The first-order chi connectivity index (χ1) is 10.2. The molecular formula is C16H15Cl2NO2. The van der Waals surface area contributed by atoms with E-state index in [1.165, 1.54) is 0 Å². The number of halogens is 2. The molecule has 0 radical (unpaired) electrons. The molecule has 1 amide bonds. The molecule has 0 aliphatic rings. The molecule has 0 heterocycles. The van der Waals surface area contributed by atoms with E-state index in [4.69, 9.17) is 27.9 Å². The summed E-state index contributed by atoms with van der Waals surface area (Å²) in [5.41, 5.74) is 2.58. The molecule has 1 N–H and O–H groups in total. The number of amides is 1. The monoisotopic (exact) mass is 323 g/mol. The van der Waals surface area contributed by atoms with Crippen molar-refractivity contribution >= 4 is 34.8 Å². The first-order valence-corrected chi connectivity index (χ1v) is 7.36. The van der Waals surface area contributed by atoms with Crippen molar-refractivity contribution in [1.29, 1.82) is 0 Å². The standard InChI is InChI=1S/C16H15Cl2NO2/c17-9-16(20)19-15-8-14(18)7-6-13(15)11-21-10-12-4-2-1-3-5-12/h1-8H,9-11H2,(H,19,20). The van der Waals surface area contributed by atoms with E-state index in [1.807, 2.05) is 36.4 Å². The van der Waals surface area contributed by atoms with Gasteiger partial charge in [0.25, 0.3) is 0 Å². The van der Waals surface area contributed by atoms with Crippen molar-refractivity contribution in [2.45, 2.75) is 13.2 Å². The van der Waals surface area contributed by atoms with Crippen molar-refractivity contribution < 1.29 is 9.53 Å². The SMILES string of the molecule is O=C(CCl)Nc1cc(Cl)ccc1COCc1ccccc1. The zero-order chi connectivity index (χ0) is 15.1. The van der Waals surface area contributed by atoms with E-state index < -0.39 is 0 Å². The quantitative estimate of drug-likeness (QED) is 0.808. The smallest absolute Gasteiger partial charge is 0.239 e. The molecule has 0 saturated carbocycles. The van der Waals surface area contributed by atoms with Gasteiger partial charge in [-0.05, 0) is 17.7 Å². The van der Waals surface area contributed by atoms with Crippen molar-refractivity contribution in [2.24, 2.45) is 0 Å². The molecule has 0 bridgehead atoms. The van der Waals surface area contributed by atoms with E-state index in [0.717, 1.165) is 11.1 Å². The highest BCUT2D eigenvalue weighted by Gasteiger charge is 2.07. The number of rotatable bonds is 6. The van der Waals surface area contributed by atoms with Crippen LogP contribution in [0, 0.1) is 0 Å². The lowest BCUT2D eigenvalue weighted by Gasteiger charge is -2.11. The number of hydrogen-bond donors (Lipinski definition) is 1. The molecule has 110 valence electrons. The van der Waals surface area contributed by atoms with Crippen molar-refractivity contribution in [1.82, 2.24) is 0 Å². The molecule has 0 atom stereocenters. The lowest BCUT2D eigenvalue weighted by atomic mass is 10.2. The van der Waals surface area contributed by atoms with E-state index in [9.17, 15) is 4.79 Å². The summed E-state index contributed by atoms with van der Waals surface area (Å²) in [7, 11) is 0. The Morgan fingerprint density at radius 3 is 2.57 bits per heavy atom. The van der Waals surface area contributed by atoms with E-state index in [1.54, 1.807) is 12.1 Å².